The zero-order valence-corrected chi connectivity index (χ0v) is 16.6. The normalized spacial score (nSPS) is 11.8. The van der Waals surface area contributed by atoms with Crippen molar-refractivity contribution in [2.24, 2.45) is 0 Å². The Morgan fingerprint density at radius 2 is 1.63 bits per heavy atom. The molecule has 1 unspecified atom stereocenters. The summed E-state index contributed by atoms with van der Waals surface area (Å²) in [6.07, 6.45) is 3.71. The van der Waals surface area contributed by atoms with E-state index in [1.165, 1.54) is 0 Å². The van der Waals surface area contributed by atoms with Crippen LogP contribution >= 0.6 is 0 Å². The van der Waals surface area contributed by atoms with Gasteiger partial charge in [0.05, 0.1) is 6.61 Å². The zero-order valence-electron chi connectivity index (χ0n) is 16.6. The van der Waals surface area contributed by atoms with Crippen LogP contribution in [-0.2, 0) is 9.53 Å². The number of hydrogen-bond acceptors (Lipinski definition) is 4. The molecule has 4 heteroatoms. The molecule has 0 saturated heterocycles. The molecule has 0 fully saturated rings. The van der Waals surface area contributed by atoms with Crippen molar-refractivity contribution in [3.05, 3.63) is 48.6 Å². The number of benzene rings is 2. The van der Waals surface area contributed by atoms with Gasteiger partial charge >= 0.3 is 5.97 Å². The summed E-state index contributed by atoms with van der Waals surface area (Å²) in [4.78, 5) is 11.9. The molecular formula is C23H30O4. The molecule has 0 aromatic heterocycles. The van der Waals surface area contributed by atoms with Crippen molar-refractivity contribution in [3.8, 4) is 11.5 Å². The Morgan fingerprint density at radius 1 is 1.00 bits per heavy atom. The smallest absolute Gasteiger partial charge is 0.333 e. The van der Waals surface area contributed by atoms with Gasteiger partial charge in [-0.3, -0.25) is 0 Å². The Hall–Kier alpha value is -2.49. The standard InChI is InChI=1S/C23H30O4/c1-5-7-8-11-18(27-23(24)17(3)4)16-26-22-15-14-21(25-6-2)19-12-9-10-13-20(19)22/h9-10,12-15,18H,3,5-8,11,16H2,1-2,4H3. The Bertz CT molecular complexity index is 766. The molecule has 0 N–H and O–H groups in total. The molecule has 2 aromatic carbocycles. The second-order valence-electron chi connectivity index (χ2n) is 6.65. The summed E-state index contributed by atoms with van der Waals surface area (Å²) in [7, 11) is 0. The Labute approximate surface area is 162 Å². The Morgan fingerprint density at radius 3 is 2.19 bits per heavy atom. The van der Waals surface area contributed by atoms with Crippen LogP contribution in [0.4, 0.5) is 0 Å². The van der Waals surface area contributed by atoms with E-state index in [4.69, 9.17) is 14.2 Å². The third-order valence-corrected chi connectivity index (χ3v) is 4.32. The van der Waals surface area contributed by atoms with E-state index in [1.54, 1.807) is 6.92 Å². The van der Waals surface area contributed by atoms with Crippen molar-refractivity contribution in [1.29, 1.82) is 0 Å². The summed E-state index contributed by atoms with van der Waals surface area (Å²) in [5.74, 6) is 1.24. The largest absolute Gasteiger partial charge is 0.493 e. The van der Waals surface area contributed by atoms with E-state index >= 15 is 0 Å². The molecule has 0 radical (unpaired) electrons. The predicted molar refractivity (Wildman–Crippen MR) is 109 cm³/mol. The fourth-order valence-corrected chi connectivity index (χ4v) is 2.88. The molecule has 2 rings (SSSR count). The van der Waals surface area contributed by atoms with E-state index in [0.29, 0.717) is 18.8 Å². The predicted octanol–water partition coefficient (Wildman–Crippen LogP) is 5.69. The molecule has 0 bridgehead atoms. The first-order valence-corrected chi connectivity index (χ1v) is 9.70. The van der Waals surface area contributed by atoms with Crippen molar-refractivity contribution in [2.45, 2.75) is 52.6 Å². The molecule has 0 saturated carbocycles. The number of esters is 1. The van der Waals surface area contributed by atoms with E-state index in [-0.39, 0.29) is 12.1 Å². The topological polar surface area (TPSA) is 44.8 Å². The highest BCUT2D eigenvalue weighted by Gasteiger charge is 2.17. The van der Waals surface area contributed by atoms with Crippen LogP contribution in [0.3, 0.4) is 0 Å². The van der Waals surface area contributed by atoms with Gasteiger partial charge in [-0.2, -0.15) is 0 Å². The first-order chi connectivity index (χ1) is 13.1. The van der Waals surface area contributed by atoms with Crippen molar-refractivity contribution in [2.75, 3.05) is 13.2 Å². The summed E-state index contributed by atoms with van der Waals surface area (Å²) in [6.45, 7) is 10.4. The van der Waals surface area contributed by atoms with Crippen LogP contribution in [0, 0.1) is 0 Å². The molecule has 2 aromatic rings. The van der Waals surface area contributed by atoms with Crippen LogP contribution in [0.2, 0.25) is 0 Å². The monoisotopic (exact) mass is 370 g/mol. The van der Waals surface area contributed by atoms with Gasteiger partial charge in [0.25, 0.3) is 0 Å². The van der Waals surface area contributed by atoms with Gasteiger partial charge in [-0.25, -0.2) is 4.79 Å². The number of hydrogen-bond donors (Lipinski definition) is 0. The van der Waals surface area contributed by atoms with E-state index in [0.717, 1.165) is 48.0 Å². The minimum atomic E-state index is -0.364. The lowest BCUT2D eigenvalue weighted by Gasteiger charge is -2.20. The molecular weight excluding hydrogens is 340 g/mol. The number of rotatable bonds is 11. The van der Waals surface area contributed by atoms with Gasteiger partial charge in [-0.15, -0.1) is 0 Å². The molecule has 0 aliphatic heterocycles. The van der Waals surface area contributed by atoms with Gasteiger partial charge in [-0.1, -0.05) is 50.6 Å². The lowest BCUT2D eigenvalue weighted by atomic mass is 10.1. The van der Waals surface area contributed by atoms with E-state index in [1.807, 2.05) is 43.3 Å². The molecule has 146 valence electrons. The summed E-state index contributed by atoms with van der Waals surface area (Å²) >= 11 is 0. The summed E-state index contributed by atoms with van der Waals surface area (Å²) < 4.78 is 17.3. The summed E-state index contributed by atoms with van der Waals surface area (Å²) in [6, 6.07) is 11.8. The van der Waals surface area contributed by atoms with E-state index in [9.17, 15) is 4.79 Å². The van der Waals surface area contributed by atoms with Crippen molar-refractivity contribution >= 4 is 16.7 Å². The van der Waals surface area contributed by atoms with Crippen LogP contribution < -0.4 is 9.47 Å². The number of unbranched alkanes of at least 4 members (excludes halogenated alkanes) is 2. The van der Waals surface area contributed by atoms with Crippen molar-refractivity contribution < 1.29 is 19.0 Å². The third kappa shape index (κ3) is 6.02. The zero-order chi connectivity index (χ0) is 19.6. The fourth-order valence-electron chi connectivity index (χ4n) is 2.88. The van der Waals surface area contributed by atoms with E-state index in [2.05, 4.69) is 13.5 Å². The highest BCUT2D eigenvalue weighted by atomic mass is 16.6. The number of ether oxygens (including phenoxy) is 3. The number of carbonyl (C=O) groups is 1. The van der Waals surface area contributed by atoms with Gasteiger partial charge in [-0.05, 0) is 38.8 Å². The molecule has 0 spiro atoms. The molecule has 0 aliphatic carbocycles. The molecule has 4 nitrogen and oxygen atoms in total. The average molecular weight is 370 g/mol. The van der Waals surface area contributed by atoms with Gasteiger partial charge in [0.1, 0.15) is 24.2 Å². The van der Waals surface area contributed by atoms with Crippen molar-refractivity contribution in [1.82, 2.24) is 0 Å². The second kappa shape index (κ2) is 10.6. The maximum Gasteiger partial charge on any atom is 0.333 e. The minimum absolute atomic E-state index is 0.286. The molecule has 0 amide bonds. The van der Waals surface area contributed by atoms with Gasteiger partial charge in [0.2, 0.25) is 0 Å². The Balaban J connectivity index is 2.14. The maximum atomic E-state index is 11.9. The van der Waals surface area contributed by atoms with Gasteiger partial charge in [0.15, 0.2) is 0 Å². The van der Waals surface area contributed by atoms with Crippen LogP contribution in [0.1, 0.15) is 46.5 Å². The quantitative estimate of drug-likeness (QED) is 0.290. The molecule has 0 heterocycles. The average Bonchev–Trinajstić information content (AvgIpc) is 2.67. The second-order valence-corrected chi connectivity index (χ2v) is 6.65. The first kappa shape index (κ1) is 20.8. The van der Waals surface area contributed by atoms with Gasteiger partial charge in [0, 0.05) is 16.3 Å². The van der Waals surface area contributed by atoms with Crippen LogP contribution in [0.5, 0.6) is 11.5 Å². The lowest BCUT2D eigenvalue weighted by molar-refractivity contribution is -0.146. The fraction of sp³-hybridized carbons (Fsp3) is 0.435. The summed E-state index contributed by atoms with van der Waals surface area (Å²) in [5.41, 5.74) is 0.405. The molecule has 0 aliphatic rings. The van der Waals surface area contributed by atoms with Gasteiger partial charge < -0.3 is 14.2 Å². The first-order valence-electron chi connectivity index (χ1n) is 9.70. The third-order valence-electron chi connectivity index (χ3n) is 4.32. The lowest BCUT2D eigenvalue weighted by Crippen LogP contribution is -2.25. The van der Waals surface area contributed by atoms with E-state index < -0.39 is 0 Å². The van der Waals surface area contributed by atoms with Crippen LogP contribution in [0.15, 0.2) is 48.6 Å². The van der Waals surface area contributed by atoms with Crippen LogP contribution in [-0.4, -0.2) is 25.3 Å². The SMILES string of the molecule is C=C(C)C(=O)OC(CCCCC)COc1ccc(OCC)c2ccccc12. The number of fused-ring (bicyclic) bond motifs is 1. The Kier molecular flexibility index (Phi) is 8.18. The summed E-state index contributed by atoms with van der Waals surface area (Å²) in [5, 5.41) is 2.00. The number of carbonyl (C=O) groups excluding carboxylic acids is 1. The minimum Gasteiger partial charge on any atom is -0.493 e. The molecule has 27 heavy (non-hydrogen) atoms. The van der Waals surface area contributed by atoms with Crippen LogP contribution in [0.25, 0.3) is 10.8 Å². The highest BCUT2D eigenvalue weighted by Crippen LogP contribution is 2.33. The molecule has 1 atom stereocenters. The highest BCUT2D eigenvalue weighted by molar-refractivity contribution is 5.93. The van der Waals surface area contributed by atoms with Crippen molar-refractivity contribution in [3.63, 3.8) is 0 Å². The maximum absolute atomic E-state index is 11.9.